The first-order valence-corrected chi connectivity index (χ1v) is 7.68. The van der Waals surface area contributed by atoms with Crippen LogP contribution in [-0.2, 0) is 4.79 Å². The summed E-state index contributed by atoms with van der Waals surface area (Å²) in [6, 6.07) is 14.6. The Morgan fingerprint density at radius 2 is 1.58 bits per heavy atom. The van der Waals surface area contributed by atoms with Crippen LogP contribution >= 0.6 is 0 Å². The number of anilines is 1. The fourth-order valence-electron chi connectivity index (χ4n) is 2.60. The molecule has 0 fully saturated rings. The topological polar surface area (TPSA) is 66.4 Å². The van der Waals surface area contributed by atoms with Crippen molar-refractivity contribution in [1.29, 1.82) is 0 Å². The van der Waals surface area contributed by atoms with Crippen LogP contribution in [0.5, 0.6) is 0 Å². The number of amides is 1. The van der Waals surface area contributed by atoms with Crippen LogP contribution in [0.2, 0.25) is 0 Å². The van der Waals surface area contributed by atoms with Crippen LogP contribution < -0.4 is 10.7 Å². The first-order valence-electron chi connectivity index (χ1n) is 7.68. The van der Waals surface area contributed by atoms with Crippen molar-refractivity contribution in [2.75, 3.05) is 5.32 Å². The first-order chi connectivity index (χ1) is 12.1. The smallest absolute Gasteiger partial charge is 0.373 e. The highest BCUT2D eigenvalue weighted by atomic mass is 19.4. The van der Waals surface area contributed by atoms with Gasteiger partial charge in [-0.25, -0.2) is 0 Å². The number of nitrogens with one attached hydrogen (secondary N) is 1. The number of aliphatic hydroxyl groups is 1. The van der Waals surface area contributed by atoms with Crippen LogP contribution in [0.4, 0.5) is 18.9 Å². The maximum absolute atomic E-state index is 12.9. The molecule has 4 nitrogen and oxygen atoms in total. The van der Waals surface area contributed by atoms with Gasteiger partial charge >= 0.3 is 6.18 Å². The molecule has 0 aliphatic carbocycles. The minimum Gasteiger partial charge on any atom is -0.373 e. The van der Waals surface area contributed by atoms with E-state index in [1.54, 1.807) is 42.5 Å². The van der Waals surface area contributed by atoms with Crippen molar-refractivity contribution < 1.29 is 23.1 Å². The van der Waals surface area contributed by atoms with E-state index in [-0.39, 0.29) is 11.1 Å². The molecule has 2 N–H and O–H groups in total. The molecule has 7 heteroatoms. The summed E-state index contributed by atoms with van der Waals surface area (Å²) in [5, 5.41) is 13.1. The van der Waals surface area contributed by atoms with E-state index in [1.807, 2.05) is 5.32 Å². The van der Waals surface area contributed by atoms with Gasteiger partial charge in [0, 0.05) is 5.39 Å². The Hall–Kier alpha value is -2.93. The average molecular weight is 361 g/mol. The normalized spacial score (nSPS) is 14.2. The van der Waals surface area contributed by atoms with Gasteiger partial charge in [-0.05, 0) is 23.8 Å². The lowest BCUT2D eigenvalue weighted by Gasteiger charge is -2.25. The molecule has 3 aromatic rings. The zero-order valence-corrected chi connectivity index (χ0v) is 13.6. The highest BCUT2D eigenvalue weighted by Gasteiger charge is 2.55. The molecule has 1 unspecified atom stereocenters. The monoisotopic (exact) mass is 361 g/mol. The molecule has 1 atom stereocenters. The second-order valence-electron chi connectivity index (χ2n) is 6.04. The largest absolute Gasteiger partial charge is 0.426 e. The first kappa shape index (κ1) is 17.9. The van der Waals surface area contributed by atoms with Crippen molar-refractivity contribution >= 4 is 33.1 Å². The molecule has 26 heavy (non-hydrogen) atoms. The maximum Gasteiger partial charge on any atom is 0.426 e. The van der Waals surface area contributed by atoms with Crippen LogP contribution in [0.25, 0.3) is 21.5 Å². The number of carbonyl (C=O) groups excluding carboxylic acids is 1. The molecule has 0 aliphatic rings. The maximum atomic E-state index is 12.9. The van der Waals surface area contributed by atoms with E-state index in [4.69, 9.17) is 0 Å². The number of carbonyl (C=O) groups is 1. The van der Waals surface area contributed by atoms with Crippen LogP contribution in [-0.4, -0.2) is 22.8 Å². The highest BCUT2D eigenvalue weighted by Crippen LogP contribution is 2.32. The van der Waals surface area contributed by atoms with Gasteiger partial charge in [0.05, 0.1) is 11.1 Å². The van der Waals surface area contributed by atoms with Gasteiger partial charge in [-0.15, -0.1) is 0 Å². The third-order valence-electron chi connectivity index (χ3n) is 4.21. The molecule has 0 saturated carbocycles. The number of fused-ring (bicyclic) bond motifs is 2. The number of hydrogen-bond acceptors (Lipinski definition) is 3. The molecule has 0 spiro atoms. The molecule has 0 radical (unpaired) electrons. The highest BCUT2D eigenvalue weighted by molar-refractivity contribution is 6.06. The van der Waals surface area contributed by atoms with E-state index in [9.17, 15) is 27.9 Å². The minimum atomic E-state index is -5.15. The molecule has 0 saturated heterocycles. The predicted molar refractivity (Wildman–Crippen MR) is 93.0 cm³/mol. The summed E-state index contributed by atoms with van der Waals surface area (Å²) >= 11 is 0. The lowest BCUT2D eigenvalue weighted by molar-refractivity contribution is -0.242. The van der Waals surface area contributed by atoms with E-state index in [2.05, 4.69) is 0 Å². The summed E-state index contributed by atoms with van der Waals surface area (Å²) in [4.78, 5) is 24.9. The Morgan fingerprint density at radius 3 is 2.27 bits per heavy atom. The van der Waals surface area contributed by atoms with E-state index < -0.39 is 23.1 Å². The minimum absolute atomic E-state index is 0.0695. The SMILES string of the molecule is CC(O)(C(=O)Nc1cccc2ccc3ccccc3c(=O)c12)C(F)(F)F. The molecular weight excluding hydrogens is 347 g/mol. The van der Waals surface area contributed by atoms with Crippen molar-refractivity contribution in [2.45, 2.75) is 18.7 Å². The summed E-state index contributed by atoms with van der Waals surface area (Å²) in [5.74, 6) is -1.66. The van der Waals surface area contributed by atoms with Gasteiger partial charge in [0.1, 0.15) is 0 Å². The fourth-order valence-corrected chi connectivity index (χ4v) is 2.60. The van der Waals surface area contributed by atoms with Gasteiger partial charge in [0.25, 0.3) is 5.91 Å². The van der Waals surface area contributed by atoms with Gasteiger partial charge in [-0.3, -0.25) is 9.59 Å². The van der Waals surface area contributed by atoms with E-state index in [1.165, 1.54) is 12.1 Å². The second kappa shape index (κ2) is 6.10. The number of halogens is 3. The molecule has 3 rings (SSSR count). The van der Waals surface area contributed by atoms with Crippen molar-refractivity contribution in [3.8, 4) is 0 Å². The van der Waals surface area contributed by atoms with Crippen LogP contribution in [0, 0.1) is 0 Å². The van der Waals surface area contributed by atoms with Crippen LogP contribution in [0.15, 0.2) is 59.4 Å². The quantitative estimate of drug-likeness (QED) is 0.733. The number of benzene rings is 2. The van der Waals surface area contributed by atoms with Crippen molar-refractivity contribution in [3.63, 3.8) is 0 Å². The fraction of sp³-hybridized carbons (Fsp3) is 0.158. The number of rotatable bonds is 2. The molecule has 0 bridgehead atoms. The lowest BCUT2D eigenvalue weighted by Crippen LogP contribution is -2.52. The van der Waals surface area contributed by atoms with Crippen molar-refractivity contribution in [3.05, 3.63) is 64.8 Å². The number of hydrogen-bond donors (Lipinski definition) is 2. The van der Waals surface area contributed by atoms with Crippen LogP contribution in [0.3, 0.4) is 0 Å². The predicted octanol–water partition coefficient (Wildman–Crippen LogP) is 3.61. The molecule has 0 heterocycles. The van der Waals surface area contributed by atoms with Gasteiger partial charge in [-0.1, -0.05) is 48.5 Å². The third kappa shape index (κ3) is 2.90. The average Bonchev–Trinajstić information content (AvgIpc) is 2.72. The van der Waals surface area contributed by atoms with Crippen molar-refractivity contribution in [2.24, 2.45) is 0 Å². The standard InChI is InChI=1S/C19H14F3NO3/c1-18(26,19(20,21)22)17(25)23-14-8-4-6-12-10-9-11-5-2-3-7-13(11)16(24)15(12)14/h2-10,26H,1H3,(H,23,25). The van der Waals surface area contributed by atoms with E-state index in [0.717, 1.165) is 0 Å². The van der Waals surface area contributed by atoms with Gasteiger partial charge in [-0.2, -0.15) is 13.2 Å². The van der Waals surface area contributed by atoms with Gasteiger partial charge < -0.3 is 10.4 Å². The molecule has 0 aromatic heterocycles. The Labute approximate surface area is 145 Å². The van der Waals surface area contributed by atoms with Gasteiger partial charge in [0.15, 0.2) is 5.43 Å². The third-order valence-corrected chi connectivity index (χ3v) is 4.21. The van der Waals surface area contributed by atoms with Gasteiger partial charge in [0.2, 0.25) is 5.60 Å². The summed E-state index contributed by atoms with van der Waals surface area (Å²) < 4.78 is 38.6. The molecule has 134 valence electrons. The molecule has 1 amide bonds. The summed E-state index contributed by atoms with van der Waals surface area (Å²) in [7, 11) is 0. The molecule has 0 aliphatic heterocycles. The molecule has 3 aromatic carbocycles. The van der Waals surface area contributed by atoms with Crippen LogP contribution in [0.1, 0.15) is 6.92 Å². The Bertz CT molecular complexity index is 1070. The zero-order chi connectivity index (χ0) is 19.1. The summed E-state index contributed by atoms with van der Waals surface area (Å²) in [6.07, 6.45) is -5.15. The Balaban J connectivity index is 2.22. The van der Waals surface area contributed by atoms with Crippen molar-refractivity contribution in [1.82, 2.24) is 0 Å². The number of alkyl halides is 3. The lowest BCUT2D eigenvalue weighted by atomic mass is 10.0. The molecular formula is C19H14F3NO3. The summed E-state index contributed by atoms with van der Waals surface area (Å²) in [5.41, 5.74) is -4.11. The second-order valence-corrected chi connectivity index (χ2v) is 6.04. The summed E-state index contributed by atoms with van der Waals surface area (Å²) in [6.45, 7) is 0.362. The van der Waals surface area contributed by atoms with E-state index in [0.29, 0.717) is 23.1 Å². The zero-order valence-electron chi connectivity index (χ0n) is 13.6. The Kier molecular flexibility index (Phi) is 4.20. The Morgan fingerprint density at radius 1 is 0.962 bits per heavy atom. The van der Waals surface area contributed by atoms with E-state index >= 15 is 0 Å².